The van der Waals surface area contributed by atoms with E-state index in [0.717, 1.165) is 0 Å². The van der Waals surface area contributed by atoms with Gasteiger partial charge in [0.15, 0.2) is 0 Å². The van der Waals surface area contributed by atoms with Crippen molar-refractivity contribution in [2.24, 2.45) is 0 Å². The summed E-state index contributed by atoms with van der Waals surface area (Å²) in [6.07, 6.45) is 0. The van der Waals surface area contributed by atoms with Gasteiger partial charge in [-0.1, -0.05) is 0 Å². The van der Waals surface area contributed by atoms with Crippen LogP contribution in [-0.2, 0) is 20.8 Å². The minimum Gasteiger partial charge on any atom is -1.00 e. The molecule has 0 aromatic heterocycles. The standard InChI is InChI=1S/ClH.3H3N.2H2O4S/c;;;;2*1-5(2,3)4/h1H;3*1H3;2*(H2,1,2,3,4). The van der Waals surface area contributed by atoms with E-state index in [0.29, 0.717) is 0 Å². The van der Waals surface area contributed by atoms with Gasteiger partial charge in [-0.3, -0.25) is 17.5 Å². The summed E-state index contributed by atoms with van der Waals surface area (Å²) in [6.45, 7) is 0. The van der Waals surface area contributed by atoms with Crippen LogP contribution >= 0.6 is 0 Å². The first-order valence-electron chi connectivity index (χ1n) is 1.37. The van der Waals surface area contributed by atoms with Crippen molar-refractivity contribution in [3.8, 4) is 0 Å². The van der Waals surface area contributed by atoms with Crippen LogP contribution in [0.3, 0.4) is 0 Å². The second-order valence-corrected chi connectivity index (χ2v) is 2.57. The van der Waals surface area contributed by atoms with Crippen molar-refractivity contribution in [1.29, 1.82) is 0 Å². The number of rotatable bonds is 0. The van der Waals surface area contributed by atoms with Crippen LogP contribution in [0.15, 0.2) is 0 Å². The molecule has 0 heterocycles. The zero-order valence-electron chi connectivity index (χ0n) is 7.54. The molecule has 0 unspecified atom stereocenters. The molecule has 0 bridgehead atoms. The van der Waals surface area contributed by atoms with Gasteiger partial charge in [-0.15, -0.1) is 0 Å². The summed E-state index contributed by atoms with van der Waals surface area (Å²) in [6, 6.07) is 0. The Labute approximate surface area is 87.2 Å². The molecule has 0 atom stereocenters. The molecule has 0 aliphatic rings. The molecule has 96 valence electrons. The first kappa shape index (κ1) is 37.1. The van der Waals surface area contributed by atoms with Crippen LogP contribution < -0.4 is 30.9 Å². The second kappa shape index (κ2) is 12.9. The average Bonchev–Trinajstić information content (AvgIpc) is 1.12. The lowest BCUT2D eigenvalue weighted by molar-refractivity contribution is -0.0000174. The molecule has 0 aliphatic carbocycles. The summed E-state index contributed by atoms with van der Waals surface area (Å²) < 4.78 is 65.7. The van der Waals surface area contributed by atoms with E-state index in [1.165, 1.54) is 0 Å². The largest absolute Gasteiger partial charge is 1.00 e. The van der Waals surface area contributed by atoms with Gasteiger partial charge in [0.1, 0.15) is 0 Å². The molecule has 0 saturated carbocycles. The summed E-state index contributed by atoms with van der Waals surface area (Å²) in [5, 5.41) is 0. The van der Waals surface area contributed by atoms with Crippen molar-refractivity contribution in [2.75, 3.05) is 0 Å². The fraction of sp³-hybridized carbons (Fsp3) is 0. The van der Waals surface area contributed by atoms with Crippen LogP contribution in [0.2, 0.25) is 0 Å². The van der Waals surface area contributed by atoms with Crippen molar-refractivity contribution >= 4 is 20.8 Å². The average molecular weight is 284 g/mol. The first-order valence-corrected chi connectivity index (χ1v) is 4.10. The van der Waals surface area contributed by atoms with Crippen LogP contribution in [0, 0.1) is 0 Å². The molecule has 0 aromatic carbocycles. The smallest absolute Gasteiger partial charge is 0.394 e. The van der Waals surface area contributed by atoms with E-state index in [1.54, 1.807) is 0 Å². The highest BCUT2D eigenvalue weighted by atomic mass is 35.5. The Morgan fingerprint density at radius 2 is 0.786 bits per heavy atom. The van der Waals surface area contributed by atoms with Crippen molar-refractivity contribution in [3.05, 3.63) is 0 Å². The van der Waals surface area contributed by atoms with Gasteiger partial charge in [0.05, 0.1) is 0 Å². The summed E-state index contributed by atoms with van der Waals surface area (Å²) in [5.74, 6) is 0. The van der Waals surface area contributed by atoms with Crippen molar-refractivity contribution in [3.63, 3.8) is 0 Å². The van der Waals surface area contributed by atoms with Crippen LogP contribution in [-0.4, -0.2) is 35.0 Å². The van der Waals surface area contributed by atoms with Crippen molar-refractivity contribution < 1.29 is 47.5 Å². The first-order chi connectivity index (χ1) is 4.00. The van der Waals surface area contributed by atoms with Gasteiger partial charge in [-0.05, 0) is 0 Å². The lowest BCUT2D eigenvalue weighted by atomic mass is 14.0. The second-order valence-electron chi connectivity index (χ2n) is 0.856. The van der Waals surface area contributed by atoms with Gasteiger partial charge in [-0.2, -0.15) is 8.42 Å². The Morgan fingerprint density at radius 3 is 0.786 bits per heavy atom. The van der Waals surface area contributed by atoms with Crippen LogP contribution in [0.5, 0.6) is 0 Å². The van der Waals surface area contributed by atoms with E-state index in [-0.39, 0.29) is 30.9 Å². The molecule has 0 fully saturated rings. The summed E-state index contributed by atoms with van der Waals surface area (Å²) >= 11 is 0. The lowest BCUT2D eigenvalue weighted by Gasteiger charge is -2.06. The quantitative estimate of drug-likeness (QED) is 0.216. The minimum absolute atomic E-state index is 0. The highest BCUT2D eigenvalue weighted by Crippen LogP contribution is 1.59. The topological polar surface area (TPSA) is 264 Å². The van der Waals surface area contributed by atoms with E-state index in [4.69, 9.17) is 35.0 Å². The van der Waals surface area contributed by atoms with Crippen LogP contribution in [0.1, 0.15) is 0 Å². The fourth-order valence-corrected chi connectivity index (χ4v) is 0. The van der Waals surface area contributed by atoms with Crippen molar-refractivity contribution in [1.82, 2.24) is 18.5 Å². The molecule has 0 spiro atoms. The normalized spacial score (nSPS) is 8.29. The van der Waals surface area contributed by atoms with Gasteiger partial charge in [-0.25, -0.2) is 0 Å². The highest BCUT2D eigenvalue weighted by molar-refractivity contribution is 7.80. The summed E-state index contributed by atoms with van der Waals surface area (Å²) in [5.41, 5.74) is 0. The van der Waals surface area contributed by atoms with E-state index < -0.39 is 20.8 Å². The molecule has 0 saturated heterocycles. The van der Waals surface area contributed by atoms with Gasteiger partial charge in [0.25, 0.3) is 0 Å². The van der Waals surface area contributed by atoms with Gasteiger partial charge < -0.3 is 40.0 Å². The Kier molecular flexibility index (Phi) is 34.2. The van der Waals surface area contributed by atoms with Gasteiger partial charge in [0, 0.05) is 10.4 Å². The van der Waals surface area contributed by atoms with Gasteiger partial charge >= 0.3 is 10.4 Å². The molecule has 0 amide bonds. The third-order valence-corrected chi connectivity index (χ3v) is 0. The van der Waals surface area contributed by atoms with E-state index in [9.17, 15) is 0 Å². The predicted octanol–water partition coefficient (Wildman–Crippen LogP) is -3.86. The van der Waals surface area contributed by atoms with E-state index in [2.05, 4.69) is 0 Å². The summed E-state index contributed by atoms with van der Waals surface area (Å²) in [7, 11) is -9.83. The maximum absolute atomic E-state index is 8.74. The third-order valence-electron chi connectivity index (χ3n) is 0. The monoisotopic (exact) mass is 283 g/mol. The fourth-order valence-electron chi connectivity index (χ4n) is 0. The Morgan fingerprint density at radius 1 is 0.786 bits per heavy atom. The molecule has 0 radical (unpaired) electrons. The van der Waals surface area contributed by atoms with Crippen molar-refractivity contribution in [2.45, 2.75) is 0 Å². The number of hydrogen-bond acceptors (Lipinski definition) is 6. The number of hydrogen-bond donors (Lipinski definition) is 5. The maximum Gasteiger partial charge on any atom is 0.394 e. The number of quaternary nitrogens is 3. The predicted molar refractivity (Wildman–Crippen MR) is 42.6 cm³/mol. The Hall–Kier alpha value is -0.0900. The molecular formula is H14ClN3O8S2. The molecule has 11 nitrogen and oxygen atoms in total. The van der Waals surface area contributed by atoms with Crippen LogP contribution in [0.25, 0.3) is 0 Å². The Bertz CT molecular complexity index is 219. The molecule has 14 N–H and O–H groups in total. The SMILES string of the molecule is O=S(=O)(O)O.O=S(=O)([O-])[O-].[Cl-].[NH4+].[NH4+].[NH4+]. The molecule has 14 heavy (non-hydrogen) atoms. The summed E-state index contributed by atoms with van der Waals surface area (Å²) in [4.78, 5) is 0. The zero-order chi connectivity index (χ0) is 9.00. The van der Waals surface area contributed by atoms with Crippen LogP contribution in [0.4, 0.5) is 0 Å². The van der Waals surface area contributed by atoms with Gasteiger partial charge in [0.2, 0.25) is 0 Å². The molecule has 14 heteroatoms. The minimum atomic E-state index is -5.17. The molecule has 0 aliphatic heterocycles. The maximum atomic E-state index is 8.74. The van der Waals surface area contributed by atoms with E-state index >= 15 is 0 Å². The zero-order valence-corrected chi connectivity index (χ0v) is 9.93. The molecule has 0 rings (SSSR count). The highest BCUT2D eigenvalue weighted by Gasteiger charge is 1.84. The molecular weight excluding hydrogens is 270 g/mol. The lowest BCUT2D eigenvalue weighted by Crippen LogP contribution is -3.00. The molecule has 0 aromatic rings. The van der Waals surface area contributed by atoms with E-state index in [1.807, 2.05) is 0 Å². The third kappa shape index (κ3) is 175000. The Balaban J connectivity index is -0.0000000178. The number of halogens is 1.